The van der Waals surface area contributed by atoms with Crippen molar-refractivity contribution in [3.8, 4) is 0 Å². The second-order valence-electron chi connectivity index (χ2n) is 3.91. The zero-order valence-electron chi connectivity index (χ0n) is 10.2. The molecule has 0 aliphatic heterocycles. The van der Waals surface area contributed by atoms with E-state index in [1.807, 2.05) is 0 Å². The summed E-state index contributed by atoms with van der Waals surface area (Å²) < 4.78 is 26.8. The summed E-state index contributed by atoms with van der Waals surface area (Å²) in [6, 6.07) is 7.84. The first-order valence-electron chi connectivity index (χ1n) is 5.54. The number of anilines is 1. The van der Waals surface area contributed by atoms with Gasteiger partial charge in [0, 0.05) is 6.20 Å². The van der Waals surface area contributed by atoms with Crippen molar-refractivity contribution in [3.63, 3.8) is 0 Å². The van der Waals surface area contributed by atoms with Gasteiger partial charge in [0.15, 0.2) is 5.82 Å². The first kappa shape index (κ1) is 13.4. The number of aromatic nitrogens is 2. The fourth-order valence-electron chi connectivity index (χ4n) is 1.67. The minimum atomic E-state index is -3.74. The molecule has 1 aromatic carbocycles. The molecule has 0 saturated carbocycles. The number of rotatable bonds is 4. The number of aliphatic hydroxyl groups is 1. The molecule has 0 bridgehead atoms. The van der Waals surface area contributed by atoms with E-state index in [0.717, 1.165) is 0 Å². The SMILES string of the molecule is Cc1c(CO)cccc1S(=O)(=O)Nc1cccnn1. The first-order chi connectivity index (χ1) is 9.04. The maximum Gasteiger partial charge on any atom is 0.263 e. The molecule has 0 spiro atoms. The molecule has 0 radical (unpaired) electrons. The van der Waals surface area contributed by atoms with Crippen LogP contribution in [0.4, 0.5) is 5.82 Å². The van der Waals surface area contributed by atoms with Gasteiger partial charge in [0.05, 0.1) is 11.5 Å². The monoisotopic (exact) mass is 279 g/mol. The minimum Gasteiger partial charge on any atom is -0.392 e. The summed E-state index contributed by atoms with van der Waals surface area (Å²) in [5.41, 5.74) is 1.09. The molecular formula is C12H13N3O3S. The lowest BCUT2D eigenvalue weighted by Crippen LogP contribution is -2.16. The Balaban J connectivity index is 2.40. The smallest absolute Gasteiger partial charge is 0.263 e. The topological polar surface area (TPSA) is 92.2 Å². The molecule has 2 rings (SSSR count). The van der Waals surface area contributed by atoms with E-state index in [4.69, 9.17) is 5.11 Å². The third kappa shape index (κ3) is 2.88. The summed E-state index contributed by atoms with van der Waals surface area (Å²) in [5.74, 6) is 0.149. The Morgan fingerprint density at radius 3 is 2.68 bits per heavy atom. The maximum atomic E-state index is 12.2. The van der Waals surface area contributed by atoms with Gasteiger partial charge in [-0.15, -0.1) is 5.10 Å². The Bertz CT molecular complexity index is 672. The number of nitrogens with zero attached hydrogens (tertiary/aromatic N) is 2. The van der Waals surface area contributed by atoms with Crippen molar-refractivity contribution in [1.82, 2.24) is 10.2 Å². The number of nitrogens with one attached hydrogen (secondary N) is 1. The van der Waals surface area contributed by atoms with Gasteiger partial charge in [-0.25, -0.2) is 8.42 Å². The molecule has 0 atom stereocenters. The van der Waals surface area contributed by atoms with E-state index in [0.29, 0.717) is 11.1 Å². The molecule has 0 fully saturated rings. The Morgan fingerprint density at radius 2 is 2.05 bits per heavy atom. The van der Waals surface area contributed by atoms with Crippen molar-refractivity contribution < 1.29 is 13.5 Å². The number of hydrogen-bond donors (Lipinski definition) is 2. The summed E-state index contributed by atoms with van der Waals surface area (Å²) in [7, 11) is -3.74. The van der Waals surface area contributed by atoms with Crippen LogP contribution < -0.4 is 4.72 Å². The molecule has 0 amide bonds. The molecular weight excluding hydrogens is 266 g/mol. The highest BCUT2D eigenvalue weighted by atomic mass is 32.2. The summed E-state index contributed by atoms with van der Waals surface area (Å²) in [6.07, 6.45) is 1.45. The molecule has 0 aliphatic rings. The number of sulfonamides is 1. The van der Waals surface area contributed by atoms with Crippen LogP contribution in [0.5, 0.6) is 0 Å². The largest absolute Gasteiger partial charge is 0.392 e. The van der Waals surface area contributed by atoms with Crippen molar-refractivity contribution in [2.75, 3.05) is 4.72 Å². The predicted molar refractivity (Wildman–Crippen MR) is 69.9 cm³/mol. The fourth-order valence-corrected chi connectivity index (χ4v) is 2.96. The Morgan fingerprint density at radius 1 is 1.26 bits per heavy atom. The number of benzene rings is 1. The van der Waals surface area contributed by atoms with Crippen LogP contribution >= 0.6 is 0 Å². The molecule has 19 heavy (non-hydrogen) atoms. The van der Waals surface area contributed by atoms with E-state index in [9.17, 15) is 8.42 Å². The van der Waals surface area contributed by atoms with Crippen LogP contribution in [0.25, 0.3) is 0 Å². The van der Waals surface area contributed by atoms with Crippen LogP contribution in [0.15, 0.2) is 41.4 Å². The van der Waals surface area contributed by atoms with E-state index < -0.39 is 10.0 Å². The molecule has 100 valence electrons. The molecule has 0 aliphatic carbocycles. The Hall–Kier alpha value is -1.99. The standard InChI is InChI=1S/C12H13N3O3S/c1-9-10(8-16)4-2-5-11(9)19(17,18)15-12-6-3-7-13-14-12/h2-7,16H,8H2,1H3,(H,14,15). The molecule has 1 aromatic heterocycles. The lowest BCUT2D eigenvalue weighted by Gasteiger charge is -2.11. The van der Waals surface area contributed by atoms with Crippen LogP contribution in [0, 0.1) is 6.92 Å². The molecule has 1 heterocycles. The first-order valence-corrected chi connectivity index (χ1v) is 7.03. The van der Waals surface area contributed by atoms with Crippen molar-refractivity contribution in [2.24, 2.45) is 0 Å². The average molecular weight is 279 g/mol. The maximum absolute atomic E-state index is 12.2. The second-order valence-corrected chi connectivity index (χ2v) is 5.56. The molecule has 0 saturated heterocycles. The van der Waals surface area contributed by atoms with Gasteiger partial charge in [-0.2, -0.15) is 5.10 Å². The highest BCUT2D eigenvalue weighted by molar-refractivity contribution is 7.92. The van der Waals surface area contributed by atoms with Crippen LogP contribution in [0.2, 0.25) is 0 Å². The van der Waals surface area contributed by atoms with Gasteiger partial charge in [0.2, 0.25) is 0 Å². The van der Waals surface area contributed by atoms with Crippen LogP contribution in [0.1, 0.15) is 11.1 Å². The second kappa shape index (κ2) is 5.33. The molecule has 0 unspecified atom stereocenters. The minimum absolute atomic E-state index is 0.115. The van der Waals surface area contributed by atoms with E-state index in [2.05, 4.69) is 14.9 Å². The van der Waals surface area contributed by atoms with Gasteiger partial charge in [-0.1, -0.05) is 12.1 Å². The van der Waals surface area contributed by atoms with Crippen molar-refractivity contribution in [3.05, 3.63) is 47.7 Å². The Kier molecular flexibility index (Phi) is 3.77. The zero-order chi connectivity index (χ0) is 13.9. The highest BCUT2D eigenvalue weighted by Gasteiger charge is 2.18. The van der Waals surface area contributed by atoms with E-state index in [1.54, 1.807) is 25.1 Å². The van der Waals surface area contributed by atoms with Gasteiger partial charge < -0.3 is 5.11 Å². The average Bonchev–Trinajstić information content (AvgIpc) is 2.39. The van der Waals surface area contributed by atoms with Crippen LogP contribution in [-0.2, 0) is 16.6 Å². The van der Waals surface area contributed by atoms with Crippen molar-refractivity contribution in [2.45, 2.75) is 18.4 Å². The third-order valence-electron chi connectivity index (χ3n) is 2.67. The van der Waals surface area contributed by atoms with Gasteiger partial charge >= 0.3 is 0 Å². The molecule has 7 heteroatoms. The number of aliphatic hydroxyl groups excluding tert-OH is 1. The summed E-state index contributed by atoms with van der Waals surface area (Å²) >= 11 is 0. The van der Waals surface area contributed by atoms with Crippen molar-refractivity contribution >= 4 is 15.8 Å². The normalized spacial score (nSPS) is 11.3. The molecule has 2 aromatic rings. The van der Waals surface area contributed by atoms with Gasteiger partial charge in [0.1, 0.15) is 0 Å². The summed E-state index contributed by atoms with van der Waals surface area (Å²) in [5, 5.41) is 16.4. The Labute approximate surface area is 111 Å². The fraction of sp³-hybridized carbons (Fsp3) is 0.167. The lowest BCUT2D eigenvalue weighted by atomic mass is 10.1. The predicted octanol–water partition coefficient (Wildman–Crippen LogP) is 1.08. The molecule has 2 N–H and O–H groups in total. The van der Waals surface area contributed by atoms with Crippen LogP contribution in [-0.4, -0.2) is 23.7 Å². The van der Waals surface area contributed by atoms with Crippen molar-refractivity contribution in [1.29, 1.82) is 0 Å². The summed E-state index contributed by atoms with van der Waals surface area (Å²) in [4.78, 5) is 0.115. The molecule has 6 nitrogen and oxygen atoms in total. The van der Waals surface area contributed by atoms with Gasteiger partial charge in [-0.3, -0.25) is 4.72 Å². The summed E-state index contributed by atoms with van der Waals surface area (Å²) in [6.45, 7) is 1.44. The van der Waals surface area contributed by atoms with Gasteiger partial charge in [0.25, 0.3) is 10.0 Å². The quantitative estimate of drug-likeness (QED) is 0.873. The van der Waals surface area contributed by atoms with E-state index >= 15 is 0 Å². The number of hydrogen-bond acceptors (Lipinski definition) is 5. The lowest BCUT2D eigenvalue weighted by molar-refractivity contribution is 0.280. The zero-order valence-corrected chi connectivity index (χ0v) is 11.1. The van der Waals surface area contributed by atoms with Gasteiger partial charge in [-0.05, 0) is 36.2 Å². The van der Waals surface area contributed by atoms with Crippen LogP contribution in [0.3, 0.4) is 0 Å². The highest BCUT2D eigenvalue weighted by Crippen LogP contribution is 2.21. The van der Waals surface area contributed by atoms with E-state index in [1.165, 1.54) is 18.3 Å². The van der Waals surface area contributed by atoms with E-state index in [-0.39, 0.29) is 17.3 Å². The third-order valence-corrected chi connectivity index (χ3v) is 4.17.